The van der Waals surface area contributed by atoms with E-state index in [4.69, 9.17) is 8.23 Å². The Bertz CT molecular complexity index is 1840. The van der Waals surface area contributed by atoms with E-state index in [0.717, 1.165) is 128 Å². The molecule has 0 saturated heterocycles. The van der Waals surface area contributed by atoms with Crippen LogP contribution in [0.5, 0.6) is 0 Å². The van der Waals surface area contributed by atoms with Crippen LogP contribution in [0.3, 0.4) is 0 Å². The molecule has 20 nitrogen and oxygen atoms in total. The molecule has 404 valence electrons. The highest BCUT2D eigenvalue weighted by Crippen LogP contribution is 2.26. The lowest BCUT2D eigenvalue weighted by atomic mass is 10.2. The van der Waals surface area contributed by atoms with Crippen molar-refractivity contribution in [1.82, 2.24) is 51.0 Å². The first-order chi connectivity index (χ1) is 33.8. The van der Waals surface area contributed by atoms with Gasteiger partial charge in [0.15, 0.2) is 16.6 Å². The van der Waals surface area contributed by atoms with Crippen LogP contribution >= 0.6 is 0 Å². The number of amides is 8. The molecule has 0 aliphatic carbocycles. The summed E-state index contributed by atoms with van der Waals surface area (Å²) in [6.45, 7) is 21.9. The number of anilines is 2. The van der Waals surface area contributed by atoms with Gasteiger partial charge >= 0.3 is 44.1 Å². The molecular weight excluding hydrogens is 957 g/mol. The second-order valence-corrected chi connectivity index (χ2v) is 32.5. The number of urea groups is 4. The van der Waals surface area contributed by atoms with Crippen molar-refractivity contribution in [3.63, 3.8) is 0 Å². The molecule has 2 heterocycles. The first-order valence-electron chi connectivity index (χ1n) is 26.5. The molecule has 23 heteroatoms. The fraction of sp³-hybridized carbons (Fsp3) is 0.750. The number of hydrogen-bond acceptors (Lipinski definition) is 10. The van der Waals surface area contributed by atoms with Crippen molar-refractivity contribution in [2.24, 2.45) is 0 Å². The van der Waals surface area contributed by atoms with Crippen LogP contribution in [0.2, 0.25) is 51.4 Å². The number of aryl methyl sites for hydroxylation is 2. The maximum Gasteiger partial charge on any atom is 0.349 e. The van der Waals surface area contributed by atoms with Crippen LogP contribution in [0, 0.1) is 0 Å². The number of aromatic nitrogens is 4. The molecular formula is C48H92N12O8Si3. The third-order valence-electron chi connectivity index (χ3n) is 11.6. The molecule has 2 aromatic heterocycles. The van der Waals surface area contributed by atoms with Crippen molar-refractivity contribution >= 4 is 61.0 Å². The summed E-state index contributed by atoms with van der Waals surface area (Å²) in [5, 5.41) is 22.6. The molecule has 8 amide bonds. The molecule has 2 rings (SSSR count). The largest absolute Gasteiger partial charge is 0.437 e. The van der Waals surface area contributed by atoms with E-state index in [1.165, 1.54) is 0 Å². The molecule has 0 radical (unpaired) electrons. The monoisotopic (exact) mass is 1050 g/mol. The summed E-state index contributed by atoms with van der Waals surface area (Å²) >= 11 is 0. The standard InChI is InChI=1S/C48H92N12O8Si3/c1-9-11-13-19-31-53-45(63)55-41-27-37-59(47(65)57-41)35-23-17-15-21-29-49-43(61)51-33-25-39-69(3,4)67-71(7,8)68-70(5,6)40-26-34-52-44(62)50-30-22-16-18-24-36-60-38-28-42(58-48(60)66)56-46(64)54-32-20-14-12-10-2/h27-28,37-38H,9-26,29-36,39-40H2,1-8H3,(H2,49,51,61)(H2,50,52,62)(H2,53,55,57,63,65)(H2,54,56,58,64,66). The van der Waals surface area contributed by atoms with E-state index < -0.39 is 36.6 Å². The smallest absolute Gasteiger partial charge is 0.349 e. The molecule has 0 aliphatic heterocycles. The van der Waals surface area contributed by atoms with Crippen molar-refractivity contribution in [2.75, 3.05) is 49.9 Å². The minimum Gasteiger partial charge on any atom is -0.437 e. The van der Waals surface area contributed by atoms with Crippen molar-refractivity contribution in [2.45, 2.75) is 194 Å². The Morgan fingerprint density at radius 3 is 1.10 bits per heavy atom. The van der Waals surface area contributed by atoms with Gasteiger partial charge in [0.05, 0.1) is 0 Å². The highest BCUT2D eigenvalue weighted by Gasteiger charge is 2.39. The summed E-state index contributed by atoms with van der Waals surface area (Å²) in [5.74, 6) is 0.472. The fourth-order valence-electron chi connectivity index (χ4n) is 8.10. The van der Waals surface area contributed by atoms with E-state index in [0.29, 0.717) is 52.4 Å². The number of hydrogen-bond donors (Lipinski definition) is 8. The van der Waals surface area contributed by atoms with Crippen LogP contribution < -0.4 is 53.9 Å². The van der Waals surface area contributed by atoms with Crippen LogP contribution in [-0.2, 0) is 21.3 Å². The Hall–Kier alpha value is -4.59. The van der Waals surface area contributed by atoms with Crippen LogP contribution in [0.1, 0.15) is 129 Å². The molecule has 0 spiro atoms. The minimum atomic E-state index is -2.42. The van der Waals surface area contributed by atoms with Gasteiger partial charge in [0.25, 0.3) is 0 Å². The number of rotatable bonds is 38. The van der Waals surface area contributed by atoms with Crippen LogP contribution in [0.25, 0.3) is 0 Å². The van der Waals surface area contributed by atoms with E-state index in [2.05, 4.69) is 106 Å². The zero-order chi connectivity index (χ0) is 52.4. The normalized spacial score (nSPS) is 11.7. The van der Waals surface area contributed by atoms with Gasteiger partial charge in [0.2, 0.25) is 0 Å². The SMILES string of the molecule is CCCCCCNC(=O)Nc1ccn(CCCCCCNC(=O)NCCC[Si](C)(C)O[Si](C)(C)O[Si](C)(C)CCCNC(=O)NCCCCCCn2ccc(NC(=O)NCCCCCC)nc2=O)c(=O)n1. The maximum atomic E-state index is 12.4. The zero-order valence-electron chi connectivity index (χ0n) is 44.7. The predicted octanol–water partition coefficient (Wildman–Crippen LogP) is 8.55. The van der Waals surface area contributed by atoms with E-state index in [9.17, 15) is 28.8 Å². The van der Waals surface area contributed by atoms with Gasteiger partial charge in [0.1, 0.15) is 11.6 Å². The average molecular weight is 1050 g/mol. The van der Waals surface area contributed by atoms with Crippen molar-refractivity contribution < 1.29 is 27.4 Å². The molecule has 8 N–H and O–H groups in total. The van der Waals surface area contributed by atoms with Gasteiger partial charge in [0, 0.05) is 64.8 Å². The quantitative estimate of drug-likeness (QED) is 0.0235. The Balaban J connectivity index is 1.49. The Kier molecular flexibility index (Phi) is 31.3. The molecule has 0 bridgehead atoms. The number of carbonyl (C=O) groups excluding carboxylic acids is 4. The summed E-state index contributed by atoms with van der Waals surface area (Å²) in [7, 11) is -6.54. The predicted molar refractivity (Wildman–Crippen MR) is 293 cm³/mol. The van der Waals surface area contributed by atoms with Crippen molar-refractivity contribution in [3.05, 3.63) is 45.5 Å². The van der Waals surface area contributed by atoms with Crippen LogP contribution in [0.15, 0.2) is 34.1 Å². The summed E-state index contributed by atoms with van der Waals surface area (Å²) in [4.78, 5) is 81.8. The molecule has 0 atom stereocenters. The van der Waals surface area contributed by atoms with Gasteiger partial charge in [-0.3, -0.25) is 19.8 Å². The molecule has 71 heavy (non-hydrogen) atoms. The zero-order valence-corrected chi connectivity index (χ0v) is 47.7. The molecule has 0 unspecified atom stereocenters. The summed E-state index contributed by atoms with van der Waals surface area (Å²) in [6, 6.07) is 3.99. The van der Waals surface area contributed by atoms with Crippen LogP contribution in [0.4, 0.5) is 30.8 Å². The third kappa shape index (κ3) is 31.5. The van der Waals surface area contributed by atoms with E-state index >= 15 is 0 Å². The Morgan fingerprint density at radius 1 is 0.451 bits per heavy atom. The lowest BCUT2D eigenvalue weighted by Gasteiger charge is -2.38. The maximum absolute atomic E-state index is 12.4. The first-order valence-corrected chi connectivity index (χ1v) is 35.6. The summed E-state index contributed by atoms with van der Waals surface area (Å²) in [6.07, 6.45) is 20.4. The average Bonchev–Trinajstić information content (AvgIpc) is 3.29. The second kappa shape index (κ2) is 35.5. The lowest BCUT2D eigenvalue weighted by Crippen LogP contribution is -2.52. The highest BCUT2D eigenvalue weighted by atomic mass is 28.5. The van der Waals surface area contributed by atoms with E-state index in [1.807, 2.05) is 0 Å². The van der Waals surface area contributed by atoms with Gasteiger partial charge in [-0.2, -0.15) is 9.97 Å². The number of carbonyl (C=O) groups is 4. The third-order valence-corrected chi connectivity index (χ3v) is 23.1. The van der Waals surface area contributed by atoms with E-state index in [-0.39, 0.29) is 35.8 Å². The van der Waals surface area contributed by atoms with Crippen molar-refractivity contribution in [3.8, 4) is 0 Å². The summed E-state index contributed by atoms with van der Waals surface area (Å²) in [5.41, 5.74) is -0.794. The summed E-state index contributed by atoms with van der Waals surface area (Å²) < 4.78 is 16.6. The van der Waals surface area contributed by atoms with Gasteiger partial charge in [-0.25, -0.2) is 28.8 Å². The Labute approximate surface area is 427 Å². The first kappa shape index (κ1) is 62.5. The molecule has 0 saturated carbocycles. The van der Waals surface area contributed by atoms with Gasteiger partial charge < -0.3 is 40.1 Å². The van der Waals surface area contributed by atoms with Gasteiger partial charge in [-0.1, -0.05) is 78.1 Å². The topological polar surface area (TPSA) is 253 Å². The number of nitrogens with one attached hydrogen (secondary N) is 8. The van der Waals surface area contributed by atoms with Gasteiger partial charge in [-0.05, 0) is 115 Å². The number of unbranched alkanes of at least 4 members (excludes halogenated alkanes) is 12. The molecule has 0 fully saturated rings. The number of nitrogens with zero attached hydrogens (tertiary/aromatic N) is 4. The van der Waals surface area contributed by atoms with Crippen molar-refractivity contribution in [1.29, 1.82) is 0 Å². The molecule has 0 aromatic carbocycles. The lowest BCUT2D eigenvalue weighted by molar-refractivity contribution is 0.240. The molecule has 0 aliphatic rings. The molecule has 2 aromatic rings. The highest BCUT2D eigenvalue weighted by molar-refractivity contribution is 6.87. The van der Waals surface area contributed by atoms with E-state index in [1.54, 1.807) is 33.7 Å². The minimum absolute atomic E-state index is 0.175. The second-order valence-electron chi connectivity index (χ2n) is 20.0. The fourth-order valence-corrected chi connectivity index (χ4v) is 22.2. The Morgan fingerprint density at radius 2 is 0.761 bits per heavy atom. The van der Waals surface area contributed by atoms with Gasteiger partial charge in [-0.15, -0.1) is 0 Å². The van der Waals surface area contributed by atoms with Crippen LogP contribution in [-0.4, -0.2) is 108 Å².